The zero-order chi connectivity index (χ0) is 17.0. The van der Waals surface area contributed by atoms with E-state index in [1.54, 1.807) is 25.7 Å². The molecule has 0 aromatic rings. The Labute approximate surface area is 136 Å². The molecule has 0 radical (unpaired) electrons. The molecule has 0 atom stereocenters. The molecular weight excluding hydrogens is 300 g/mol. The van der Waals surface area contributed by atoms with Crippen LogP contribution >= 0.6 is 0 Å². The number of carbonyl (C=O) groups excluding carboxylic acids is 3. The van der Waals surface area contributed by atoms with Crippen molar-refractivity contribution in [1.82, 2.24) is 20.0 Å². The summed E-state index contributed by atoms with van der Waals surface area (Å²) < 4.78 is 4.99. The molecule has 0 saturated carbocycles. The van der Waals surface area contributed by atoms with Crippen molar-refractivity contribution in [3.8, 4) is 0 Å². The van der Waals surface area contributed by atoms with E-state index in [0.717, 1.165) is 26.1 Å². The van der Waals surface area contributed by atoms with Crippen molar-refractivity contribution in [2.45, 2.75) is 32.7 Å². The Bertz CT molecular complexity index is 472. The van der Waals surface area contributed by atoms with Gasteiger partial charge in [-0.3, -0.25) is 14.6 Å². The molecule has 2 aliphatic rings. The third-order valence-corrected chi connectivity index (χ3v) is 4.20. The molecule has 23 heavy (non-hydrogen) atoms. The van der Waals surface area contributed by atoms with Crippen molar-refractivity contribution in [2.75, 3.05) is 45.9 Å². The molecule has 4 amide bonds. The Balaban J connectivity index is 1.69. The number of rotatable bonds is 5. The van der Waals surface area contributed by atoms with Crippen LogP contribution in [-0.4, -0.2) is 84.1 Å². The first kappa shape index (κ1) is 17.5. The van der Waals surface area contributed by atoms with Crippen LogP contribution in [-0.2, 0) is 9.53 Å². The largest absolute Gasteiger partial charge is 0.450 e. The third-order valence-electron chi connectivity index (χ3n) is 4.20. The topological polar surface area (TPSA) is 82.2 Å². The molecule has 2 fully saturated rings. The summed E-state index contributed by atoms with van der Waals surface area (Å²) in [5, 5.41) is 2.68. The number of nitrogens with one attached hydrogen (secondary N) is 1. The molecule has 8 nitrogen and oxygen atoms in total. The van der Waals surface area contributed by atoms with Crippen LogP contribution in [0.3, 0.4) is 0 Å². The van der Waals surface area contributed by atoms with Crippen molar-refractivity contribution >= 4 is 18.0 Å². The van der Waals surface area contributed by atoms with Gasteiger partial charge in [-0.1, -0.05) is 0 Å². The van der Waals surface area contributed by atoms with E-state index in [1.165, 1.54) is 4.90 Å². The fourth-order valence-corrected chi connectivity index (χ4v) is 2.84. The van der Waals surface area contributed by atoms with E-state index >= 15 is 0 Å². The fourth-order valence-electron chi connectivity index (χ4n) is 2.84. The lowest BCUT2D eigenvalue weighted by molar-refractivity contribution is -0.130. The van der Waals surface area contributed by atoms with Crippen LogP contribution in [0.25, 0.3) is 0 Å². The first-order valence-electron chi connectivity index (χ1n) is 8.13. The number of hydrogen-bond donors (Lipinski definition) is 1. The summed E-state index contributed by atoms with van der Waals surface area (Å²) in [6, 6.07) is -0.313. The van der Waals surface area contributed by atoms with Crippen LogP contribution in [0, 0.1) is 0 Å². The average molecular weight is 326 g/mol. The van der Waals surface area contributed by atoms with E-state index in [0.29, 0.717) is 26.2 Å². The maximum Gasteiger partial charge on any atom is 0.409 e. The van der Waals surface area contributed by atoms with Gasteiger partial charge in [0.05, 0.1) is 6.61 Å². The Morgan fingerprint density at radius 1 is 1.17 bits per heavy atom. The highest BCUT2D eigenvalue weighted by molar-refractivity contribution is 6.06. The van der Waals surface area contributed by atoms with Crippen LogP contribution in [0.1, 0.15) is 27.2 Å². The van der Waals surface area contributed by atoms with Gasteiger partial charge in [-0.05, 0) is 33.7 Å². The van der Waals surface area contributed by atoms with E-state index in [2.05, 4.69) is 10.2 Å². The Morgan fingerprint density at radius 3 is 2.35 bits per heavy atom. The fraction of sp³-hybridized carbons (Fsp3) is 0.800. The Hall–Kier alpha value is -1.83. The molecule has 0 aromatic heterocycles. The first-order chi connectivity index (χ1) is 10.8. The standard InChI is InChI=1S/C15H26N4O4/c1-4-23-14(22)18-10-8-17(9-11-18)6-5-7-19-12(20)15(2,3)16-13(19)21/h4-11H2,1-3H3,(H,16,21). The molecule has 0 bridgehead atoms. The number of nitrogens with zero attached hydrogens (tertiary/aromatic N) is 3. The van der Waals surface area contributed by atoms with Gasteiger partial charge in [0.15, 0.2) is 0 Å². The second kappa shape index (κ2) is 7.16. The van der Waals surface area contributed by atoms with Gasteiger partial charge in [0.2, 0.25) is 0 Å². The molecule has 2 saturated heterocycles. The number of ether oxygens (including phenoxy) is 1. The van der Waals surface area contributed by atoms with Crippen molar-refractivity contribution in [3.05, 3.63) is 0 Å². The van der Waals surface area contributed by atoms with Gasteiger partial charge in [0, 0.05) is 32.7 Å². The lowest BCUT2D eigenvalue weighted by Gasteiger charge is -2.34. The third kappa shape index (κ3) is 4.13. The Morgan fingerprint density at radius 2 is 1.83 bits per heavy atom. The molecule has 8 heteroatoms. The van der Waals surface area contributed by atoms with Crippen molar-refractivity contribution in [3.63, 3.8) is 0 Å². The zero-order valence-corrected chi connectivity index (χ0v) is 14.1. The summed E-state index contributed by atoms with van der Waals surface area (Å²) >= 11 is 0. The van der Waals surface area contributed by atoms with Gasteiger partial charge in [0.1, 0.15) is 5.54 Å². The number of urea groups is 1. The lowest BCUT2D eigenvalue weighted by atomic mass is 10.1. The highest BCUT2D eigenvalue weighted by Gasteiger charge is 2.43. The number of carbonyl (C=O) groups is 3. The van der Waals surface area contributed by atoms with Gasteiger partial charge in [-0.25, -0.2) is 9.59 Å². The second-order valence-electron chi connectivity index (χ2n) is 6.39. The predicted octanol–water partition coefficient (Wildman–Crippen LogP) is 0.481. The van der Waals surface area contributed by atoms with Crippen LogP contribution in [0.5, 0.6) is 0 Å². The summed E-state index contributed by atoms with van der Waals surface area (Å²) in [5.74, 6) is -0.172. The number of amides is 4. The quantitative estimate of drug-likeness (QED) is 0.743. The minimum atomic E-state index is -0.803. The molecule has 2 aliphatic heterocycles. The van der Waals surface area contributed by atoms with Gasteiger partial charge in [-0.15, -0.1) is 0 Å². The highest BCUT2D eigenvalue weighted by Crippen LogP contribution is 2.16. The minimum absolute atomic E-state index is 0.172. The van der Waals surface area contributed by atoms with Gasteiger partial charge >= 0.3 is 12.1 Å². The van der Waals surface area contributed by atoms with E-state index in [1.807, 2.05) is 0 Å². The summed E-state index contributed by atoms with van der Waals surface area (Å²) in [4.78, 5) is 40.7. The molecule has 0 aliphatic carbocycles. The average Bonchev–Trinajstić information content (AvgIpc) is 2.70. The Kier molecular flexibility index (Phi) is 5.46. The van der Waals surface area contributed by atoms with Gasteiger partial charge in [-0.2, -0.15) is 0 Å². The van der Waals surface area contributed by atoms with Crippen molar-refractivity contribution < 1.29 is 19.1 Å². The minimum Gasteiger partial charge on any atom is -0.450 e. The van der Waals surface area contributed by atoms with Crippen LogP contribution < -0.4 is 5.32 Å². The molecule has 0 spiro atoms. The molecular formula is C15H26N4O4. The van der Waals surface area contributed by atoms with E-state index in [9.17, 15) is 14.4 Å². The van der Waals surface area contributed by atoms with Gasteiger partial charge in [0.25, 0.3) is 5.91 Å². The lowest BCUT2D eigenvalue weighted by Crippen LogP contribution is -2.49. The van der Waals surface area contributed by atoms with Crippen LogP contribution in [0.4, 0.5) is 9.59 Å². The predicted molar refractivity (Wildman–Crippen MR) is 84.0 cm³/mol. The molecule has 0 unspecified atom stereocenters. The van der Waals surface area contributed by atoms with Crippen molar-refractivity contribution in [1.29, 1.82) is 0 Å². The van der Waals surface area contributed by atoms with Crippen LogP contribution in [0.15, 0.2) is 0 Å². The van der Waals surface area contributed by atoms with Gasteiger partial charge < -0.3 is 15.0 Å². The zero-order valence-electron chi connectivity index (χ0n) is 14.1. The number of piperazine rings is 1. The normalized spacial score (nSPS) is 21.5. The summed E-state index contributed by atoms with van der Waals surface area (Å²) in [7, 11) is 0. The maximum atomic E-state index is 12.1. The monoisotopic (exact) mass is 326 g/mol. The summed E-state index contributed by atoms with van der Waals surface area (Å²) in [5.41, 5.74) is -0.803. The highest BCUT2D eigenvalue weighted by atomic mass is 16.6. The summed E-state index contributed by atoms with van der Waals surface area (Å²) in [6.45, 7) is 9.69. The summed E-state index contributed by atoms with van der Waals surface area (Å²) in [6.07, 6.45) is 0.475. The number of hydrogen-bond acceptors (Lipinski definition) is 5. The molecule has 1 N–H and O–H groups in total. The van der Waals surface area contributed by atoms with Crippen molar-refractivity contribution in [2.24, 2.45) is 0 Å². The molecule has 2 rings (SSSR count). The first-order valence-corrected chi connectivity index (χ1v) is 8.13. The molecule has 130 valence electrons. The smallest absolute Gasteiger partial charge is 0.409 e. The van der Waals surface area contributed by atoms with E-state index < -0.39 is 5.54 Å². The maximum absolute atomic E-state index is 12.1. The second-order valence-corrected chi connectivity index (χ2v) is 6.39. The van der Waals surface area contributed by atoms with E-state index in [-0.39, 0.29) is 18.0 Å². The van der Waals surface area contributed by atoms with E-state index in [4.69, 9.17) is 4.74 Å². The number of imide groups is 1. The SMILES string of the molecule is CCOC(=O)N1CCN(CCCN2C(=O)NC(C)(C)C2=O)CC1. The molecule has 0 aromatic carbocycles. The van der Waals surface area contributed by atoms with Crippen LogP contribution in [0.2, 0.25) is 0 Å². The molecule has 2 heterocycles.